The maximum absolute atomic E-state index is 14.8. The molecule has 1 aromatic carbocycles. The highest BCUT2D eigenvalue weighted by Gasteiger charge is 2.54. The fourth-order valence-corrected chi connectivity index (χ4v) is 7.95. The molecule has 1 unspecified atom stereocenters. The summed E-state index contributed by atoms with van der Waals surface area (Å²) < 4.78 is 28.8. The van der Waals surface area contributed by atoms with Gasteiger partial charge in [-0.25, -0.2) is 0 Å². The molecule has 1 aliphatic heterocycles. The number of rotatable bonds is 25. The van der Waals surface area contributed by atoms with Gasteiger partial charge in [-0.15, -0.1) is 0 Å². The molecule has 20 nitrogen and oxygen atoms in total. The van der Waals surface area contributed by atoms with Crippen molar-refractivity contribution in [2.24, 2.45) is 11.3 Å². The van der Waals surface area contributed by atoms with E-state index >= 15 is 0 Å². The van der Waals surface area contributed by atoms with E-state index in [1.54, 1.807) is 101 Å². The first kappa shape index (κ1) is 67.5. The minimum absolute atomic E-state index is 0.0452. The van der Waals surface area contributed by atoms with Crippen LogP contribution in [0.3, 0.4) is 0 Å². The second-order valence-corrected chi connectivity index (χ2v) is 25.5. The van der Waals surface area contributed by atoms with Crippen LogP contribution in [0.4, 0.5) is 0 Å². The maximum atomic E-state index is 14.8. The van der Waals surface area contributed by atoms with Crippen molar-refractivity contribution in [3.63, 3.8) is 0 Å². The fraction of sp³-hybridized carbons (Fsp3) is 0.732. The molecule has 2 rings (SSSR count). The Morgan fingerprint density at radius 1 is 0.558 bits per heavy atom. The highest BCUT2D eigenvalue weighted by molar-refractivity contribution is 6.48. The molecular weight excluding hydrogens is 991 g/mol. The van der Waals surface area contributed by atoms with E-state index in [2.05, 4.69) is 31.9 Å². The molecule has 77 heavy (non-hydrogen) atoms. The monoisotopic (exact) mass is 1080 g/mol. The molecule has 1 heterocycles. The molecule has 434 valence electrons. The van der Waals surface area contributed by atoms with Crippen molar-refractivity contribution in [2.75, 3.05) is 0 Å². The second kappa shape index (κ2) is 27.8. The van der Waals surface area contributed by atoms with Crippen LogP contribution in [0.1, 0.15) is 188 Å². The van der Waals surface area contributed by atoms with Gasteiger partial charge < -0.3 is 55.4 Å². The molecule has 21 heteroatoms. The van der Waals surface area contributed by atoms with Crippen molar-refractivity contribution in [1.29, 1.82) is 0 Å². The molecule has 0 spiro atoms. The van der Waals surface area contributed by atoms with Crippen LogP contribution in [0, 0.1) is 18.3 Å². The number of nitrogens with one attached hydrogen (secondary N) is 6. The first-order valence-electron chi connectivity index (χ1n) is 26.9. The largest absolute Gasteiger partial charge is 0.481 e. The van der Waals surface area contributed by atoms with Gasteiger partial charge in [-0.2, -0.15) is 0 Å². The van der Waals surface area contributed by atoms with Crippen molar-refractivity contribution in [2.45, 2.75) is 254 Å². The van der Waals surface area contributed by atoms with Crippen molar-refractivity contribution >= 4 is 60.5 Å². The summed E-state index contributed by atoms with van der Waals surface area (Å²) in [7, 11) is -0.752. The third-order valence-electron chi connectivity index (χ3n) is 12.5. The van der Waals surface area contributed by atoms with E-state index < -0.39 is 149 Å². The first-order chi connectivity index (χ1) is 35.0. The first-order valence-corrected chi connectivity index (χ1v) is 26.9. The van der Waals surface area contributed by atoms with Crippen LogP contribution in [0.2, 0.25) is 0 Å². The van der Waals surface area contributed by atoms with E-state index in [0.29, 0.717) is 12.0 Å². The highest BCUT2D eigenvalue weighted by atomic mass is 16.7. The Morgan fingerprint density at radius 2 is 1.01 bits per heavy atom. The summed E-state index contributed by atoms with van der Waals surface area (Å²) in [4.78, 5) is 125. The lowest BCUT2D eigenvalue weighted by atomic mass is 9.76. The zero-order valence-corrected chi connectivity index (χ0v) is 49.8. The van der Waals surface area contributed by atoms with E-state index in [9.17, 15) is 43.2 Å². The predicted octanol–water partition coefficient (Wildman–Crippen LogP) is 5.56. The van der Waals surface area contributed by atoms with Gasteiger partial charge in [0.1, 0.15) is 47.0 Å². The van der Waals surface area contributed by atoms with Crippen LogP contribution in [0.15, 0.2) is 24.3 Å². The predicted molar refractivity (Wildman–Crippen MR) is 292 cm³/mol. The minimum atomic E-state index is -1.64. The van der Waals surface area contributed by atoms with Crippen LogP contribution in [-0.4, -0.2) is 125 Å². The van der Waals surface area contributed by atoms with Crippen molar-refractivity contribution in [3.8, 4) is 0 Å². The van der Waals surface area contributed by atoms with Gasteiger partial charge in [0.2, 0.25) is 35.4 Å². The Bertz CT molecular complexity index is 2220. The molecule has 6 amide bonds. The SMILES string of the molecule is CCC(NC(=O)[C@H](CC(C)C)NC(=O)[C@@H](NC(=O)[C@H](Cc1ccccc1C)NC(=O)[C@H](CCC(=O)OC(C)(C)C)NC(=O)[C@H](CC(=O)OC(C)(C)C)NC(=O)CCC(=O)OC(C)(C)C)C(C)(C)C)B1OC(C)(C)C(C)(C)O1. The van der Waals surface area contributed by atoms with Gasteiger partial charge >= 0.3 is 25.0 Å². The number of carbonyl (C=O) groups is 9. The number of ether oxygens (including phenoxy) is 3. The summed E-state index contributed by atoms with van der Waals surface area (Å²) in [6.45, 7) is 35.3. The lowest BCUT2D eigenvalue weighted by Crippen LogP contribution is -2.62. The van der Waals surface area contributed by atoms with Crippen molar-refractivity contribution in [1.82, 2.24) is 31.9 Å². The summed E-state index contributed by atoms with van der Waals surface area (Å²) in [6, 6.07) is 0.229. The Hall–Kier alpha value is -5.57. The molecule has 1 aliphatic rings. The average molecular weight is 1090 g/mol. The maximum Gasteiger partial charge on any atom is 0.481 e. The standard InChI is InChI=1S/C56H93BN6O14/c1-21-40(57-76-55(17,18)56(19,20)77-57)62-48(70)37(30-33(2)3)61-50(72)45(51(5,6)7)63-49(71)38(31-35-25-23-22-24-34(35)4)60-46(68)36(26-28-42(65)73-52(8,9)10)59-47(69)39(32-44(67)75-54(14,15)16)58-41(64)27-29-43(66)74-53(11,12)13/h22-25,33,36-40,45H,21,26-32H2,1-20H3,(H,58,64)(H,59,69)(H,60,68)(H,61,72)(H,62,70)(H,63,71)/t36-,37-,38-,39-,40?,45+/m0/s1. The Kier molecular flexibility index (Phi) is 24.4. The van der Waals surface area contributed by atoms with E-state index in [4.69, 9.17) is 23.5 Å². The quantitative estimate of drug-likeness (QED) is 0.0398. The third-order valence-corrected chi connectivity index (χ3v) is 12.5. The summed E-state index contributed by atoms with van der Waals surface area (Å²) in [5.41, 5.74) is -3.53. The lowest BCUT2D eigenvalue weighted by Gasteiger charge is -2.34. The lowest BCUT2D eigenvalue weighted by molar-refractivity contribution is -0.158. The van der Waals surface area contributed by atoms with Gasteiger partial charge in [0.15, 0.2) is 0 Å². The second-order valence-electron chi connectivity index (χ2n) is 25.5. The van der Waals surface area contributed by atoms with Crippen molar-refractivity contribution in [3.05, 3.63) is 35.4 Å². The Balaban J connectivity index is 2.59. The molecule has 1 aromatic rings. The topological polar surface area (TPSA) is 272 Å². The number of hydrogen-bond acceptors (Lipinski definition) is 14. The Morgan fingerprint density at radius 3 is 1.51 bits per heavy atom. The summed E-state index contributed by atoms with van der Waals surface area (Å²) in [5, 5.41) is 16.6. The van der Waals surface area contributed by atoms with Gasteiger partial charge in [0, 0.05) is 19.3 Å². The fourth-order valence-electron chi connectivity index (χ4n) is 7.95. The van der Waals surface area contributed by atoms with Crippen LogP contribution in [0.25, 0.3) is 0 Å². The number of amides is 6. The molecule has 6 atom stereocenters. The van der Waals surface area contributed by atoms with Gasteiger partial charge in [-0.05, 0) is 139 Å². The normalized spacial score (nSPS) is 16.8. The number of benzene rings is 1. The molecule has 0 radical (unpaired) electrons. The van der Waals surface area contributed by atoms with Crippen LogP contribution in [0.5, 0.6) is 0 Å². The molecule has 0 aromatic heterocycles. The number of carbonyl (C=O) groups excluding carboxylic acids is 9. The van der Waals surface area contributed by atoms with Gasteiger partial charge in [-0.1, -0.05) is 65.8 Å². The van der Waals surface area contributed by atoms with E-state index in [0.717, 1.165) is 5.56 Å². The summed E-state index contributed by atoms with van der Waals surface area (Å²) in [5.74, 6) is -7.49. The zero-order valence-electron chi connectivity index (χ0n) is 49.8. The van der Waals surface area contributed by atoms with Crippen LogP contribution < -0.4 is 31.9 Å². The molecule has 6 N–H and O–H groups in total. The van der Waals surface area contributed by atoms with E-state index in [-0.39, 0.29) is 31.6 Å². The molecule has 1 saturated heterocycles. The van der Waals surface area contributed by atoms with Gasteiger partial charge in [0.05, 0.1) is 30.0 Å². The van der Waals surface area contributed by atoms with Gasteiger partial charge in [-0.3, -0.25) is 43.2 Å². The number of aryl methyl sites for hydroxylation is 1. The summed E-state index contributed by atoms with van der Waals surface area (Å²) >= 11 is 0. The third kappa shape index (κ3) is 23.9. The summed E-state index contributed by atoms with van der Waals surface area (Å²) in [6.07, 6.45) is -1.58. The minimum Gasteiger partial charge on any atom is -0.460 e. The molecule has 0 bridgehead atoms. The zero-order chi connectivity index (χ0) is 59.2. The Labute approximate surface area is 458 Å². The average Bonchev–Trinajstić information content (AvgIpc) is 3.47. The highest BCUT2D eigenvalue weighted by Crippen LogP contribution is 2.38. The van der Waals surface area contributed by atoms with E-state index in [1.807, 2.05) is 61.5 Å². The smallest absolute Gasteiger partial charge is 0.460 e. The molecular formula is C56H93BN6O14. The van der Waals surface area contributed by atoms with Gasteiger partial charge in [0.25, 0.3) is 0 Å². The molecule has 1 fully saturated rings. The van der Waals surface area contributed by atoms with Crippen molar-refractivity contribution < 1.29 is 66.7 Å². The van der Waals surface area contributed by atoms with Crippen LogP contribution >= 0.6 is 0 Å². The van der Waals surface area contributed by atoms with Crippen LogP contribution in [-0.2, 0) is 73.1 Å². The van der Waals surface area contributed by atoms with E-state index in [1.165, 1.54) is 0 Å². The number of hydrogen-bond donors (Lipinski definition) is 6. The molecule has 0 saturated carbocycles. The molecule has 0 aliphatic carbocycles. The number of esters is 3.